The molecule has 0 aliphatic rings. The van der Waals surface area contributed by atoms with Gasteiger partial charge in [-0.2, -0.15) is 0 Å². The maximum atomic E-state index is 8.43. The van der Waals surface area contributed by atoms with E-state index in [9.17, 15) is 0 Å². The number of aliphatic hydroxyl groups excluding tert-OH is 1. The highest BCUT2D eigenvalue weighted by molar-refractivity contribution is 5.81. The summed E-state index contributed by atoms with van der Waals surface area (Å²) < 4.78 is 0. The summed E-state index contributed by atoms with van der Waals surface area (Å²) in [7, 11) is 0. The number of aliphatic hydroxyl groups is 1. The lowest BCUT2D eigenvalue weighted by Crippen LogP contribution is -1.94. The Balaban J connectivity index is 3.25. The van der Waals surface area contributed by atoms with Crippen LogP contribution < -0.4 is 0 Å². The van der Waals surface area contributed by atoms with E-state index in [4.69, 9.17) is 5.11 Å². The molecule has 0 radical (unpaired) electrons. The summed E-state index contributed by atoms with van der Waals surface area (Å²) in [6, 6.07) is 0. The summed E-state index contributed by atoms with van der Waals surface area (Å²) in [4.78, 5) is 4.17. The molecule has 0 spiro atoms. The lowest BCUT2D eigenvalue weighted by Gasteiger charge is -1.95. The molecule has 0 amide bonds. The standard InChI is InChI=1S/C7H15NO/c1-3-8-7(2)5-4-6-9/h9H,3-6H2,1-2H3. The quantitative estimate of drug-likeness (QED) is 0.569. The molecule has 2 nitrogen and oxygen atoms in total. The van der Waals surface area contributed by atoms with E-state index < -0.39 is 0 Å². The normalized spacial score (nSPS) is 12.1. The van der Waals surface area contributed by atoms with Gasteiger partial charge < -0.3 is 5.11 Å². The second-order valence-corrected chi connectivity index (χ2v) is 2.04. The van der Waals surface area contributed by atoms with Crippen LogP contribution in [0.2, 0.25) is 0 Å². The Morgan fingerprint density at radius 3 is 2.67 bits per heavy atom. The minimum Gasteiger partial charge on any atom is -0.396 e. The summed E-state index contributed by atoms with van der Waals surface area (Å²) in [6.45, 7) is 5.15. The number of aliphatic imine (C=N–C) groups is 1. The second kappa shape index (κ2) is 5.76. The Morgan fingerprint density at radius 1 is 1.56 bits per heavy atom. The Morgan fingerprint density at radius 2 is 2.22 bits per heavy atom. The van der Waals surface area contributed by atoms with Gasteiger partial charge in [-0.1, -0.05) is 0 Å². The van der Waals surface area contributed by atoms with E-state index in [1.807, 2.05) is 13.8 Å². The topological polar surface area (TPSA) is 32.6 Å². The van der Waals surface area contributed by atoms with E-state index in [0.29, 0.717) is 0 Å². The maximum Gasteiger partial charge on any atom is 0.0434 e. The Bertz CT molecular complexity index is 88.9. The summed E-state index contributed by atoms with van der Waals surface area (Å²) in [5.74, 6) is 0. The largest absolute Gasteiger partial charge is 0.396 e. The number of nitrogens with zero attached hydrogens (tertiary/aromatic N) is 1. The first-order chi connectivity index (χ1) is 4.31. The van der Waals surface area contributed by atoms with E-state index in [-0.39, 0.29) is 6.61 Å². The molecule has 0 saturated heterocycles. The first kappa shape index (κ1) is 8.63. The monoisotopic (exact) mass is 129 g/mol. The Kier molecular flexibility index (Phi) is 5.52. The van der Waals surface area contributed by atoms with Crippen LogP contribution >= 0.6 is 0 Å². The SMILES string of the molecule is CCN=C(C)CCCO. The predicted molar refractivity (Wildman–Crippen MR) is 40.0 cm³/mol. The first-order valence-corrected chi connectivity index (χ1v) is 3.42. The number of hydrogen-bond acceptors (Lipinski definition) is 2. The van der Waals surface area contributed by atoms with Gasteiger partial charge in [-0.25, -0.2) is 0 Å². The molecule has 1 N–H and O–H groups in total. The Labute approximate surface area is 56.6 Å². The molecule has 0 aliphatic heterocycles. The number of hydrogen-bond donors (Lipinski definition) is 1. The van der Waals surface area contributed by atoms with Crippen molar-refractivity contribution in [1.82, 2.24) is 0 Å². The summed E-state index contributed by atoms with van der Waals surface area (Å²) in [5.41, 5.74) is 1.14. The van der Waals surface area contributed by atoms with Crippen LogP contribution in [0.15, 0.2) is 4.99 Å². The molecule has 0 atom stereocenters. The fourth-order valence-electron chi connectivity index (χ4n) is 0.684. The smallest absolute Gasteiger partial charge is 0.0434 e. The van der Waals surface area contributed by atoms with Crippen molar-refractivity contribution in [2.75, 3.05) is 13.2 Å². The summed E-state index contributed by atoms with van der Waals surface area (Å²) in [6.07, 6.45) is 1.78. The van der Waals surface area contributed by atoms with Crippen LogP contribution in [0.1, 0.15) is 26.7 Å². The zero-order valence-corrected chi connectivity index (χ0v) is 6.22. The van der Waals surface area contributed by atoms with Crippen LogP contribution in [0.5, 0.6) is 0 Å². The van der Waals surface area contributed by atoms with Crippen LogP contribution in [-0.2, 0) is 0 Å². The zero-order chi connectivity index (χ0) is 7.11. The van der Waals surface area contributed by atoms with Crippen molar-refractivity contribution in [3.05, 3.63) is 0 Å². The van der Waals surface area contributed by atoms with Gasteiger partial charge in [0, 0.05) is 18.9 Å². The van der Waals surface area contributed by atoms with Crippen LogP contribution in [-0.4, -0.2) is 24.0 Å². The molecule has 0 aromatic carbocycles. The fraction of sp³-hybridized carbons (Fsp3) is 0.857. The van der Waals surface area contributed by atoms with Gasteiger partial charge in [0.05, 0.1) is 0 Å². The van der Waals surface area contributed by atoms with Gasteiger partial charge in [0.1, 0.15) is 0 Å². The van der Waals surface area contributed by atoms with Crippen LogP contribution in [0.25, 0.3) is 0 Å². The van der Waals surface area contributed by atoms with Crippen molar-refractivity contribution in [2.45, 2.75) is 26.7 Å². The van der Waals surface area contributed by atoms with Gasteiger partial charge in [0.25, 0.3) is 0 Å². The maximum absolute atomic E-state index is 8.43. The molecule has 2 heteroatoms. The third-order valence-corrected chi connectivity index (χ3v) is 1.12. The molecular weight excluding hydrogens is 114 g/mol. The zero-order valence-electron chi connectivity index (χ0n) is 6.22. The lowest BCUT2D eigenvalue weighted by atomic mass is 10.2. The van der Waals surface area contributed by atoms with E-state index in [2.05, 4.69) is 4.99 Å². The van der Waals surface area contributed by atoms with Gasteiger partial charge in [0.15, 0.2) is 0 Å². The predicted octanol–water partition coefficient (Wildman–Crippen LogP) is 1.24. The first-order valence-electron chi connectivity index (χ1n) is 3.42. The highest BCUT2D eigenvalue weighted by Crippen LogP contribution is 1.90. The number of rotatable bonds is 4. The van der Waals surface area contributed by atoms with Crippen molar-refractivity contribution in [3.8, 4) is 0 Å². The van der Waals surface area contributed by atoms with Crippen LogP contribution in [0.4, 0.5) is 0 Å². The highest BCUT2D eigenvalue weighted by Gasteiger charge is 1.87. The van der Waals surface area contributed by atoms with Crippen LogP contribution in [0, 0.1) is 0 Å². The van der Waals surface area contributed by atoms with E-state index in [1.54, 1.807) is 0 Å². The molecular formula is C7H15NO. The molecule has 0 aromatic heterocycles. The fourth-order valence-corrected chi connectivity index (χ4v) is 0.684. The van der Waals surface area contributed by atoms with Crippen molar-refractivity contribution in [3.63, 3.8) is 0 Å². The molecule has 9 heavy (non-hydrogen) atoms. The molecule has 0 heterocycles. The molecule has 0 aliphatic carbocycles. The van der Waals surface area contributed by atoms with Gasteiger partial charge in [-0.15, -0.1) is 0 Å². The molecule has 0 fully saturated rings. The van der Waals surface area contributed by atoms with E-state index in [1.165, 1.54) is 0 Å². The second-order valence-electron chi connectivity index (χ2n) is 2.04. The third-order valence-electron chi connectivity index (χ3n) is 1.12. The van der Waals surface area contributed by atoms with Gasteiger partial charge in [0.2, 0.25) is 0 Å². The highest BCUT2D eigenvalue weighted by atomic mass is 16.2. The van der Waals surface area contributed by atoms with Crippen molar-refractivity contribution >= 4 is 5.71 Å². The minimum absolute atomic E-state index is 0.274. The molecule has 0 aromatic rings. The molecule has 0 unspecified atom stereocenters. The third kappa shape index (κ3) is 5.50. The van der Waals surface area contributed by atoms with E-state index >= 15 is 0 Å². The van der Waals surface area contributed by atoms with Crippen molar-refractivity contribution in [2.24, 2.45) is 4.99 Å². The van der Waals surface area contributed by atoms with Gasteiger partial charge in [-0.05, 0) is 26.7 Å². The Hall–Kier alpha value is -0.370. The molecule has 0 saturated carbocycles. The molecule has 0 bridgehead atoms. The van der Waals surface area contributed by atoms with Crippen molar-refractivity contribution in [1.29, 1.82) is 0 Å². The molecule has 54 valence electrons. The van der Waals surface area contributed by atoms with E-state index in [0.717, 1.165) is 25.1 Å². The minimum atomic E-state index is 0.274. The summed E-state index contributed by atoms with van der Waals surface area (Å²) >= 11 is 0. The van der Waals surface area contributed by atoms with Gasteiger partial charge >= 0.3 is 0 Å². The van der Waals surface area contributed by atoms with Gasteiger partial charge in [-0.3, -0.25) is 4.99 Å². The van der Waals surface area contributed by atoms with Crippen LogP contribution in [0.3, 0.4) is 0 Å². The molecule has 0 rings (SSSR count). The lowest BCUT2D eigenvalue weighted by molar-refractivity contribution is 0.291. The van der Waals surface area contributed by atoms with Crippen molar-refractivity contribution < 1.29 is 5.11 Å². The summed E-state index contributed by atoms with van der Waals surface area (Å²) in [5, 5.41) is 8.43. The average Bonchev–Trinajstić information content (AvgIpc) is 1.85. The average molecular weight is 129 g/mol.